The van der Waals surface area contributed by atoms with Gasteiger partial charge in [-0.2, -0.15) is 0 Å². The summed E-state index contributed by atoms with van der Waals surface area (Å²) in [5.74, 6) is 0. The van der Waals surface area contributed by atoms with Gasteiger partial charge in [0.05, 0.1) is 0 Å². The fourth-order valence-corrected chi connectivity index (χ4v) is 2.30. The second-order valence-corrected chi connectivity index (χ2v) is 5.58. The van der Waals surface area contributed by atoms with Crippen molar-refractivity contribution in [3.8, 4) is 0 Å². The molecule has 0 bridgehead atoms. The summed E-state index contributed by atoms with van der Waals surface area (Å²) < 4.78 is 0. The van der Waals surface area contributed by atoms with Gasteiger partial charge in [-0.15, -0.1) is 0 Å². The molecule has 1 aliphatic heterocycles. The summed E-state index contributed by atoms with van der Waals surface area (Å²) in [6.07, 6.45) is 0. The van der Waals surface area contributed by atoms with Crippen molar-refractivity contribution in [2.75, 3.05) is 38.5 Å². The number of nitrogens with one attached hydrogen (secondary N) is 1. The third-order valence-electron chi connectivity index (χ3n) is 3.41. The lowest BCUT2D eigenvalue weighted by atomic mass is 10.1. The number of anilines is 1. The van der Waals surface area contributed by atoms with Gasteiger partial charge in [0.25, 0.3) is 0 Å². The minimum absolute atomic E-state index is 0.494. The molecule has 0 unspecified atom stereocenters. The van der Waals surface area contributed by atoms with E-state index in [0.29, 0.717) is 6.04 Å². The molecular weight excluding hydrogens is 222 g/mol. The van der Waals surface area contributed by atoms with Crippen LogP contribution in [0.2, 0.25) is 0 Å². The van der Waals surface area contributed by atoms with E-state index in [-0.39, 0.29) is 0 Å². The third-order valence-corrected chi connectivity index (χ3v) is 3.41. The van der Waals surface area contributed by atoms with E-state index >= 15 is 0 Å². The van der Waals surface area contributed by atoms with Crippen molar-refractivity contribution in [2.24, 2.45) is 0 Å². The minimum atomic E-state index is 0.494. The first-order valence-corrected chi connectivity index (χ1v) is 6.90. The van der Waals surface area contributed by atoms with Gasteiger partial charge in [0.2, 0.25) is 0 Å². The normalized spacial score (nSPS) is 18.2. The fraction of sp³-hybridized carbons (Fsp3) is 0.600. The van der Waals surface area contributed by atoms with Gasteiger partial charge in [-0.25, -0.2) is 0 Å². The predicted octanol–water partition coefficient (Wildman–Crippen LogP) is 2.25. The van der Waals surface area contributed by atoms with Crippen LogP contribution in [0.4, 0.5) is 5.69 Å². The lowest BCUT2D eigenvalue weighted by Gasteiger charge is -2.32. The molecule has 1 fully saturated rings. The Balaban J connectivity index is 1.86. The van der Waals surface area contributed by atoms with Crippen molar-refractivity contribution >= 4 is 5.69 Å². The Morgan fingerprint density at radius 3 is 2.22 bits per heavy atom. The van der Waals surface area contributed by atoms with Crippen LogP contribution in [0, 0.1) is 0 Å². The van der Waals surface area contributed by atoms with Crippen LogP contribution < -0.4 is 5.32 Å². The van der Waals surface area contributed by atoms with E-state index in [1.807, 2.05) is 0 Å². The van der Waals surface area contributed by atoms with Gasteiger partial charge < -0.3 is 10.2 Å². The number of nitrogens with zero attached hydrogens (tertiary/aromatic N) is 2. The minimum Gasteiger partial charge on any atom is -0.383 e. The van der Waals surface area contributed by atoms with E-state index < -0.39 is 0 Å². The maximum Gasteiger partial charge on any atom is 0.0342 e. The zero-order valence-electron chi connectivity index (χ0n) is 11.8. The molecule has 0 aromatic heterocycles. The van der Waals surface area contributed by atoms with Crippen LogP contribution in [0.25, 0.3) is 0 Å². The molecule has 1 heterocycles. The van der Waals surface area contributed by atoms with Gasteiger partial charge in [0.15, 0.2) is 0 Å². The first kappa shape index (κ1) is 13.4. The highest BCUT2D eigenvalue weighted by atomic mass is 15.2. The molecule has 0 spiro atoms. The highest BCUT2D eigenvalue weighted by Crippen LogP contribution is 2.13. The topological polar surface area (TPSA) is 18.5 Å². The molecular formula is C15H25N3. The average molecular weight is 247 g/mol. The molecule has 0 amide bonds. The van der Waals surface area contributed by atoms with E-state index in [2.05, 4.69) is 60.3 Å². The molecule has 18 heavy (non-hydrogen) atoms. The smallest absolute Gasteiger partial charge is 0.0342 e. The van der Waals surface area contributed by atoms with E-state index in [1.54, 1.807) is 0 Å². The summed E-state index contributed by atoms with van der Waals surface area (Å²) in [7, 11) is 2.20. The van der Waals surface area contributed by atoms with E-state index in [9.17, 15) is 0 Å². The zero-order chi connectivity index (χ0) is 13.0. The molecule has 0 atom stereocenters. The summed E-state index contributed by atoms with van der Waals surface area (Å²) in [4.78, 5) is 4.93. The SMILES string of the molecule is CC(C)Nc1ccc(CN2CCN(C)CC2)cc1. The molecule has 3 heteroatoms. The first-order chi connectivity index (χ1) is 8.63. The monoisotopic (exact) mass is 247 g/mol. The number of piperazine rings is 1. The molecule has 2 rings (SSSR count). The largest absolute Gasteiger partial charge is 0.383 e. The predicted molar refractivity (Wildman–Crippen MR) is 78.0 cm³/mol. The Hall–Kier alpha value is -1.06. The van der Waals surface area contributed by atoms with Crippen molar-refractivity contribution < 1.29 is 0 Å². The van der Waals surface area contributed by atoms with Crippen LogP contribution in [0.15, 0.2) is 24.3 Å². The summed E-state index contributed by atoms with van der Waals surface area (Å²) in [6, 6.07) is 9.34. The van der Waals surface area contributed by atoms with Gasteiger partial charge in [-0.3, -0.25) is 4.90 Å². The van der Waals surface area contributed by atoms with Crippen molar-refractivity contribution in [2.45, 2.75) is 26.4 Å². The van der Waals surface area contributed by atoms with Crippen LogP contribution in [-0.4, -0.2) is 49.1 Å². The molecule has 0 saturated carbocycles. The molecule has 1 aliphatic rings. The molecule has 0 aliphatic carbocycles. The number of benzene rings is 1. The number of hydrogen-bond donors (Lipinski definition) is 1. The Morgan fingerprint density at radius 2 is 1.67 bits per heavy atom. The van der Waals surface area contributed by atoms with E-state index in [1.165, 1.54) is 37.4 Å². The van der Waals surface area contributed by atoms with Gasteiger partial charge in [-0.05, 0) is 38.6 Å². The van der Waals surface area contributed by atoms with Gasteiger partial charge in [0.1, 0.15) is 0 Å². The van der Waals surface area contributed by atoms with Crippen LogP contribution in [0.3, 0.4) is 0 Å². The van der Waals surface area contributed by atoms with E-state index in [0.717, 1.165) is 6.54 Å². The Bertz CT molecular complexity index is 351. The maximum atomic E-state index is 3.42. The van der Waals surface area contributed by atoms with Crippen molar-refractivity contribution in [1.82, 2.24) is 9.80 Å². The average Bonchev–Trinajstić information content (AvgIpc) is 2.34. The molecule has 100 valence electrons. The second kappa shape index (κ2) is 6.21. The fourth-order valence-electron chi connectivity index (χ4n) is 2.30. The highest BCUT2D eigenvalue weighted by molar-refractivity contribution is 5.45. The van der Waals surface area contributed by atoms with Crippen molar-refractivity contribution in [3.05, 3.63) is 29.8 Å². The van der Waals surface area contributed by atoms with Gasteiger partial charge in [0, 0.05) is 44.5 Å². The molecule has 1 aromatic carbocycles. The first-order valence-electron chi connectivity index (χ1n) is 6.90. The Labute approximate surface area is 111 Å². The molecule has 1 saturated heterocycles. The van der Waals surface area contributed by atoms with Crippen molar-refractivity contribution in [3.63, 3.8) is 0 Å². The zero-order valence-corrected chi connectivity index (χ0v) is 11.8. The third kappa shape index (κ3) is 4.00. The molecule has 1 aromatic rings. The number of rotatable bonds is 4. The summed E-state index contributed by atoms with van der Waals surface area (Å²) in [5, 5.41) is 3.42. The lowest BCUT2D eigenvalue weighted by molar-refractivity contribution is 0.148. The van der Waals surface area contributed by atoms with Gasteiger partial charge >= 0.3 is 0 Å². The van der Waals surface area contributed by atoms with Crippen LogP contribution in [-0.2, 0) is 6.54 Å². The highest BCUT2D eigenvalue weighted by Gasteiger charge is 2.13. The van der Waals surface area contributed by atoms with Crippen LogP contribution >= 0.6 is 0 Å². The van der Waals surface area contributed by atoms with E-state index in [4.69, 9.17) is 0 Å². The standard InChI is InChI=1S/C15H25N3/c1-13(2)16-15-6-4-14(5-7-15)12-18-10-8-17(3)9-11-18/h4-7,13,16H,8-12H2,1-3H3. The Kier molecular flexibility index (Phi) is 4.61. The molecule has 1 N–H and O–H groups in total. The summed E-state index contributed by atoms with van der Waals surface area (Å²) in [6.45, 7) is 10.1. The Morgan fingerprint density at radius 1 is 1.06 bits per heavy atom. The second-order valence-electron chi connectivity index (χ2n) is 5.58. The number of likely N-dealkylation sites (N-methyl/N-ethyl adjacent to an activating group) is 1. The maximum absolute atomic E-state index is 3.42. The van der Waals surface area contributed by atoms with Crippen LogP contribution in [0.5, 0.6) is 0 Å². The lowest BCUT2D eigenvalue weighted by Crippen LogP contribution is -2.43. The number of hydrogen-bond acceptors (Lipinski definition) is 3. The summed E-state index contributed by atoms with van der Waals surface area (Å²) in [5.41, 5.74) is 2.63. The quantitative estimate of drug-likeness (QED) is 0.880. The molecule has 0 radical (unpaired) electrons. The van der Waals surface area contributed by atoms with Gasteiger partial charge in [-0.1, -0.05) is 12.1 Å². The summed E-state index contributed by atoms with van der Waals surface area (Å²) >= 11 is 0. The molecule has 3 nitrogen and oxygen atoms in total. The van der Waals surface area contributed by atoms with Crippen LogP contribution in [0.1, 0.15) is 19.4 Å². The van der Waals surface area contributed by atoms with Crippen molar-refractivity contribution in [1.29, 1.82) is 0 Å².